The Balaban J connectivity index is 2.25. The van der Waals surface area contributed by atoms with Crippen LogP contribution in [0.1, 0.15) is 17.2 Å². The van der Waals surface area contributed by atoms with Gasteiger partial charge in [-0.15, -0.1) is 0 Å². The fourth-order valence-corrected chi connectivity index (χ4v) is 4.15. The van der Waals surface area contributed by atoms with Crippen LogP contribution in [0.4, 0.5) is 11.4 Å². The van der Waals surface area contributed by atoms with Gasteiger partial charge in [-0.2, -0.15) is 0 Å². The Hall–Kier alpha value is -2.49. The molecule has 0 saturated heterocycles. The van der Waals surface area contributed by atoms with Gasteiger partial charge in [-0.3, -0.25) is 10.1 Å². The van der Waals surface area contributed by atoms with E-state index in [4.69, 9.17) is 0 Å². The van der Waals surface area contributed by atoms with Crippen LogP contribution in [-0.4, -0.2) is 53.0 Å². The van der Waals surface area contributed by atoms with E-state index in [0.29, 0.717) is 5.56 Å². The molecule has 0 saturated carbocycles. The molecule has 152 valence electrons. The SMILES string of the molecule is Cc1ccc([N+](=O)[O-])cc1S(=O)(=O)NC[C@@H](c1ccc(N(C)C)cc1)N(C)C. The number of anilines is 1. The number of nitro benzene ring substituents is 1. The zero-order chi connectivity index (χ0) is 21.1. The van der Waals surface area contributed by atoms with Crippen molar-refractivity contribution in [2.75, 3.05) is 39.6 Å². The monoisotopic (exact) mass is 406 g/mol. The molecule has 0 fully saturated rings. The summed E-state index contributed by atoms with van der Waals surface area (Å²) in [6, 6.07) is 11.5. The number of rotatable bonds is 8. The summed E-state index contributed by atoms with van der Waals surface area (Å²) in [5.41, 5.74) is 2.22. The number of benzene rings is 2. The Kier molecular flexibility index (Phi) is 6.76. The zero-order valence-corrected chi connectivity index (χ0v) is 17.5. The fourth-order valence-electron chi connectivity index (χ4n) is 2.85. The minimum Gasteiger partial charge on any atom is -0.378 e. The van der Waals surface area contributed by atoms with Crippen LogP contribution < -0.4 is 9.62 Å². The first-order valence-electron chi connectivity index (χ1n) is 8.71. The van der Waals surface area contributed by atoms with Crippen LogP contribution in [0, 0.1) is 17.0 Å². The van der Waals surface area contributed by atoms with E-state index in [1.54, 1.807) is 6.92 Å². The second kappa shape index (κ2) is 8.68. The summed E-state index contributed by atoms with van der Waals surface area (Å²) in [5.74, 6) is 0. The van der Waals surface area contributed by atoms with Crippen molar-refractivity contribution in [1.82, 2.24) is 9.62 Å². The fraction of sp³-hybridized carbons (Fsp3) is 0.368. The maximum absolute atomic E-state index is 12.8. The Morgan fingerprint density at radius 1 is 1.07 bits per heavy atom. The van der Waals surface area contributed by atoms with Gasteiger partial charge in [0.25, 0.3) is 5.69 Å². The standard InChI is InChI=1S/C19H26N4O4S/c1-14-6-9-17(23(24)25)12-19(14)28(26,27)20-13-18(22(4)5)15-7-10-16(11-8-15)21(2)3/h6-12,18,20H,13H2,1-5H3/t18-/m0/s1. The van der Waals surface area contributed by atoms with E-state index >= 15 is 0 Å². The number of sulfonamides is 1. The molecule has 0 radical (unpaired) electrons. The molecule has 0 aliphatic carbocycles. The van der Waals surface area contributed by atoms with E-state index in [9.17, 15) is 18.5 Å². The third-order valence-corrected chi connectivity index (χ3v) is 6.12. The van der Waals surface area contributed by atoms with Crippen molar-refractivity contribution >= 4 is 21.4 Å². The van der Waals surface area contributed by atoms with E-state index in [-0.39, 0.29) is 23.2 Å². The molecule has 28 heavy (non-hydrogen) atoms. The van der Waals surface area contributed by atoms with Gasteiger partial charge >= 0.3 is 0 Å². The number of nitrogens with zero attached hydrogens (tertiary/aromatic N) is 3. The molecule has 8 nitrogen and oxygen atoms in total. The lowest BCUT2D eigenvalue weighted by molar-refractivity contribution is -0.385. The molecule has 1 N–H and O–H groups in total. The highest BCUT2D eigenvalue weighted by Crippen LogP contribution is 2.24. The normalized spacial score (nSPS) is 12.8. The maximum Gasteiger partial charge on any atom is 0.270 e. The molecule has 2 aromatic rings. The summed E-state index contributed by atoms with van der Waals surface area (Å²) in [6.45, 7) is 1.75. The van der Waals surface area contributed by atoms with Crippen molar-refractivity contribution in [3.8, 4) is 0 Å². The largest absolute Gasteiger partial charge is 0.378 e. The number of hydrogen-bond donors (Lipinski definition) is 1. The summed E-state index contributed by atoms with van der Waals surface area (Å²) >= 11 is 0. The van der Waals surface area contributed by atoms with E-state index in [1.165, 1.54) is 12.1 Å². The number of non-ortho nitro benzene ring substituents is 1. The van der Waals surface area contributed by atoms with Gasteiger partial charge in [0.2, 0.25) is 10.0 Å². The summed E-state index contributed by atoms with van der Waals surface area (Å²) in [4.78, 5) is 14.2. The van der Waals surface area contributed by atoms with Crippen LogP contribution in [0.25, 0.3) is 0 Å². The van der Waals surface area contributed by atoms with Gasteiger partial charge in [-0.1, -0.05) is 18.2 Å². The number of aryl methyl sites for hydroxylation is 1. The summed E-state index contributed by atoms with van der Waals surface area (Å²) in [5, 5.41) is 11.0. The smallest absolute Gasteiger partial charge is 0.270 e. The lowest BCUT2D eigenvalue weighted by atomic mass is 10.1. The molecule has 0 bridgehead atoms. The first-order valence-corrected chi connectivity index (χ1v) is 10.2. The molecule has 0 spiro atoms. The van der Waals surface area contributed by atoms with E-state index in [0.717, 1.165) is 17.3 Å². The third-order valence-electron chi connectivity index (χ3n) is 4.56. The predicted molar refractivity (Wildman–Crippen MR) is 110 cm³/mol. The summed E-state index contributed by atoms with van der Waals surface area (Å²) < 4.78 is 28.1. The summed E-state index contributed by atoms with van der Waals surface area (Å²) in [6.07, 6.45) is 0. The van der Waals surface area contributed by atoms with Gasteiger partial charge in [0, 0.05) is 44.5 Å². The van der Waals surface area contributed by atoms with Gasteiger partial charge in [0.15, 0.2) is 0 Å². The van der Waals surface area contributed by atoms with Crippen LogP contribution in [-0.2, 0) is 10.0 Å². The van der Waals surface area contributed by atoms with Gasteiger partial charge in [0.1, 0.15) is 0 Å². The van der Waals surface area contributed by atoms with Crippen molar-refractivity contribution in [1.29, 1.82) is 0 Å². The Labute approximate surface area is 166 Å². The highest BCUT2D eigenvalue weighted by Gasteiger charge is 2.23. The summed E-state index contributed by atoms with van der Waals surface area (Å²) in [7, 11) is 3.76. The first kappa shape index (κ1) is 21.8. The highest BCUT2D eigenvalue weighted by molar-refractivity contribution is 7.89. The number of likely N-dealkylation sites (N-methyl/N-ethyl adjacent to an activating group) is 1. The quantitative estimate of drug-likeness (QED) is 0.535. The Morgan fingerprint density at radius 2 is 1.68 bits per heavy atom. The molecule has 0 heterocycles. The van der Waals surface area contributed by atoms with Crippen LogP contribution >= 0.6 is 0 Å². The lowest BCUT2D eigenvalue weighted by Gasteiger charge is -2.26. The van der Waals surface area contributed by atoms with Gasteiger partial charge in [0.05, 0.1) is 9.82 Å². The predicted octanol–water partition coefficient (Wildman–Crippen LogP) is 2.55. The highest BCUT2D eigenvalue weighted by atomic mass is 32.2. The average molecular weight is 407 g/mol. The molecule has 0 amide bonds. The minimum atomic E-state index is -3.89. The van der Waals surface area contributed by atoms with Crippen molar-refractivity contribution in [3.63, 3.8) is 0 Å². The van der Waals surface area contributed by atoms with Crippen molar-refractivity contribution in [2.45, 2.75) is 17.9 Å². The number of nitro groups is 1. The molecule has 0 aliphatic heterocycles. The third kappa shape index (κ3) is 5.06. The molecule has 1 atom stereocenters. The van der Waals surface area contributed by atoms with Crippen LogP contribution in [0.3, 0.4) is 0 Å². The van der Waals surface area contributed by atoms with Crippen LogP contribution in [0.2, 0.25) is 0 Å². The lowest BCUT2D eigenvalue weighted by Crippen LogP contribution is -2.34. The first-order chi connectivity index (χ1) is 13.0. The van der Waals surface area contributed by atoms with Crippen molar-refractivity contribution in [3.05, 3.63) is 63.7 Å². The van der Waals surface area contributed by atoms with Gasteiger partial charge in [-0.05, 0) is 44.3 Å². The molecule has 2 aromatic carbocycles. The van der Waals surface area contributed by atoms with E-state index < -0.39 is 14.9 Å². The number of nitrogens with one attached hydrogen (secondary N) is 1. The minimum absolute atomic E-state index is 0.0813. The van der Waals surface area contributed by atoms with E-state index in [2.05, 4.69) is 4.72 Å². The molecule has 0 aromatic heterocycles. The average Bonchev–Trinajstić information content (AvgIpc) is 2.61. The molecular weight excluding hydrogens is 380 g/mol. The van der Waals surface area contributed by atoms with E-state index in [1.807, 2.05) is 62.3 Å². The molecular formula is C19H26N4O4S. The maximum atomic E-state index is 12.8. The Bertz CT molecular complexity index is 941. The number of hydrogen-bond acceptors (Lipinski definition) is 6. The molecule has 0 aliphatic rings. The van der Waals surface area contributed by atoms with Gasteiger partial charge in [-0.25, -0.2) is 13.1 Å². The second-order valence-electron chi connectivity index (χ2n) is 7.02. The Morgan fingerprint density at radius 3 is 2.18 bits per heavy atom. The molecule has 2 rings (SSSR count). The second-order valence-corrected chi connectivity index (χ2v) is 8.76. The van der Waals surface area contributed by atoms with Crippen LogP contribution in [0.5, 0.6) is 0 Å². The molecule has 9 heteroatoms. The van der Waals surface area contributed by atoms with Crippen molar-refractivity contribution in [2.24, 2.45) is 0 Å². The zero-order valence-electron chi connectivity index (χ0n) is 16.7. The van der Waals surface area contributed by atoms with Gasteiger partial charge < -0.3 is 9.80 Å². The van der Waals surface area contributed by atoms with Crippen molar-refractivity contribution < 1.29 is 13.3 Å². The topological polar surface area (TPSA) is 95.8 Å². The molecule has 0 unspecified atom stereocenters. The van der Waals surface area contributed by atoms with Crippen LogP contribution in [0.15, 0.2) is 47.4 Å².